The lowest BCUT2D eigenvalue weighted by atomic mass is 9.96. The fourth-order valence-electron chi connectivity index (χ4n) is 3.79. The van der Waals surface area contributed by atoms with Gasteiger partial charge in [-0.25, -0.2) is 9.97 Å². The van der Waals surface area contributed by atoms with Crippen LogP contribution in [0.25, 0.3) is 0 Å². The van der Waals surface area contributed by atoms with E-state index < -0.39 is 0 Å². The van der Waals surface area contributed by atoms with Crippen LogP contribution in [0.2, 0.25) is 0 Å². The Labute approximate surface area is 131 Å². The smallest absolute Gasteiger partial charge is 0.223 e. The van der Waals surface area contributed by atoms with Crippen LogP contribution in [0.5, 0.6) is 0 Å². The lowest BCUT2D eigenvalue weighted by Gasteiger charge is -2.20. The van der Waals surface area contributed by atoms with Gasteiger partial charge in [0, 0.05) is 42.7 Å². The van der Waals surface area contributed by atoms with Crippen LogP contribution in [0, 0.1) is 12.8 Å². The van der Waals surface area contributed by atoms with E-state index in [0.29, 0.717) is 24.3 Å². The summed E-state index contributed by atoms with van der Waals surface area (Å²) in [4.78, 5) is 23.3. The highest BCUT2D eigenvalue weighted by Gasteiger charge is 2.39. The van der Waals surface area contributed by atoms with Crippen LogP contribution in [-0.2, 0) is 17.6 Å². The molecule has 1 atom stereocenters. The van der Waals surface area contributed by atoms with Gasteiger partial charge in [0.25, 0.3) is 0 Å². The fourth-order valence-corrected chi connectivity index (χ4v) is 3.79. The minimum absolute atomic E-state index is 0.343. The first-order valence-corrected chi connectivity index (χ1v) is 8.60. The van der Waals surface area contributed by atoms with E-state index in [2.05, 4.69) is 20.2 Å². The molecule has 1 aromatic heterocycles. The molecule has 2 aliphatic carbocycles. The van der Waals surface area contributed by atoms with Crippen LogP contribution in [0.1, 0.15) is 49.2 Å². The third-order valence-corrected chi connectivity index (χ3v) is 5.08. The number of anilines is 1. The van der Waals surface area contributed by atoms with Crippen LogP contribution in [0.3, 0.4) is 0 Å². The van der Waals surface area contributed by atoms with Gasteiger partial charge < -0.3 is 10.2 Å². The third kappa shape index (κ3) is 2.69. The van der Waals surface area contributed by atoms with Gasteiger partial charge in [-0.05, 0) is 45.4 Å². The van der Waals surface area contributed by atoms with E-state index in [0.717, 1.165) is 37.6 Å². The summed E-state index contributed by atoms with van der Waals surface area (Å²) in [5.74, 6) is 2.63. The topological polar surface area (TPSA) is 58.1 Å². The summed E-state index contributed by atoms with van der Waals surface area (Å²) >= 11 is 0. The molecule has 1 N–H and O–H groups in total. The molecule has 1 aliphatic heterocycles. The predicted molar refractivity (Wildman–Crippen MR) is 84.7 cm³/mol. The molecule has 5 nitrogen and oxygen atoms in total. The summed E-state index contributed by atoms with van der Waals surface area (Å²) < 4.78 is 0. The molecule has 1 saturated heterocycles. The fraction of sp³-hybridized carbons (Fsp3) is 0.706. The minimum Gasteiger partial charge on any atom is -0.369 e. The van der Waals surface area contributed by atoms with Crippen molar-refractivity contribution in [2.75, 3.05) is 18.4 Å². The molecule has 1 saturated carbocycles. The average molecular weight is 300 g/mol. The number of carbonyl (C=O) groups is 1. The van der Waals surface area contributed by atoms with Crippen LogP contribution in [0.15, 0.2) is 0 Å². The number of nitrogens with one attached hydrogen (secondary N) is 1. The summed E-state index contributed by atoms with van der Waals surface area (Å²) in [5.41, 5.74) is 2.53. The van der Waals surface area contributed by atoms with E-state index in [1.807, 2.05) is 6.92 Å². The van der Waals surface area contributed by atoms with Gasteiger partial charge in [0.05, 0.1) is 0 Å². The first-order valence-electron chi connectivity index (χ1n) is 8.60. The highest BCUT2D eigenvalue weighted by molar-refractivity contribution is 5.79. The van der Waals surface area contributed by atoms with Crippen molar-refractivity contribution in [3.05, 3.63) is 17.1 Å². The van der Waals surface area contributed by atoms with Gasteiger partial charge in [0.2, 0.25) is 5.91 Å². The number of likely N-dealkylation sites (tertiary alicyclic amines) is 1. The number of hydrogen-bond acceptors (Lipinski definition) is 4. The van der Waals surface area contributed by atoms with Gasteiger partial charge in [-0.2, -0.15) is 0 Å². The molecule has 3 aliphatic rings. The van der Waals surface area contributed by atoms with E-state index >= 15 is 0 Å². The Morgan fingerprint density at radius 3 is 2.86 bits per heavy atom. The monoisotopic (exact) mass is 300 g/mol. The number of fused-ring (bicyclic) bond motifs is 1. The lowest BCUT2D eigenvalue weighted by molar-refractivity contribution is -0.128. The molecule has 5 heteroatoms. The normalized spacial score (nSPS) is 24.5. The molecule has 22 heavy (non-hydrogen) atoms. The number of hydrogen-bond donors (Lipinski definition) is 1. The van der Waals surface area contributed by atoms with Crippen molar-refractivity contribution >= 4 is 11.7 Å². The van der Waals surface area contributed by atoms with Crippen molar-refractivity contribution in [2.24, 2.45) is 5.92 Å². The second-order valence-corrected chi connectivity index (χ2v) is 6.98. The zero-order valence-corrected chi connectivity index (χ0v) is 13.3. The second-order valence-electron chi connectivity index (χ2n) is 6.98. The third-order valence-electron chi connectivity index (χ3n) is 5.08. The molecular weight excluding hydrogens is 276 g/mol. The predicted octanol–water partition coefficient (Wildman–Crippen LogP) is 2.09. The Balaban J connectivity index is 1.43. The van der Waals surface area contributed by atoms with Crippen LogP contribution in [-0.4, -0.2) is 39.9 Å². The highest BCUT2D eigenvalue weighted by atomic mass is 16.2. The minimum atomic E-state index is 0.343. The molecule has 1 aromatic rings. The Morgan fingerprint density at radius 2 is 2.05 bits per heavy atom. The summed E-state index contributed by atoms with van der Waals surface area (Å²) in [7, 11) is 0. The molecule has 2 fully saturated rings. The van der Waals surface area contributed by atoms with Crippen molar-refractivity contribution in [1.82, 2.24) is 14.9 Å². The molecular formula is C17H24N4O. The lowest BCUT2D eigenvalue weighted by Crippen LogP contribution is -2.28. The van der Waals surface area contributed by atoms with Crippen LogP contribution < -0.4 is 5.32 Å². The van der Waals surface area contributed by atoms with Gasteiger partial charge in [-0.3, -0.25) is 4.79 Å². The van der Waals surface area contributed by atoms with Gasteiger partial charge in [0.1, 0.15) is 11.6 Å². The summed E-state index contributed by atoms with van der Waals surface area (Å²) in [5, 5.41) is 3.53. The number of aromatic nitrogens is 2. The van der Waals surface area contributed by atoms with Gasteiger partial charge >= 0.3 is 0 Å². The van der Waals surface area contributed by atoms with Crippen molar-refractivity contribution in [3.63, 3.8) is 0 Å². The molecule has 0 radical (unpaired) electrons. The van der Waals surface area contributed by atoms with E-state index in [9.17, 15) is 4.79 Å². The molecule has 0 spiro atoms. The summed E-state index contributed by atoms with van der Waals surface area (Å²) in [6.07, 6.45) is 7.70. The first kappa shape index (κ1) is 14.0. The summed E-state index contributed by atoms with van der Waals surface area (Å²) in [6, 6.07) is 0.548. The Bertz CT molecular complexity index is 597. The maximum absolute atomic E-state index is 12.0. The van der Waals surface area contributed by atoms with E-state index in [1.54, 1.807) is 0 Å². The second kappa shape index (κ2) is 5.52. The SMILES string of the molecule is Cc1nc2c(c(NCC3CC(=O)N(C4CC4)C3)n1)CCCC2. The van der Waals surface area contributed by atoms with Gasteiger partial charge in [-0.15, -0.1) is 0 Å². The maximum atomic E-state index is 12.0. The van der Waals surface area contributed by atoms with E-state index in [1.165, 1.54) is 36.9 Å². The van der Waals surface area contributed by atoms with Crippen molar-refractivity contribution in [3.8, 4) is 0 Å². The van der Waals surface area contributed by atoms with Crippen molar-refractivity contribution < 1.29 is 4.79 Å². The maximum Gasteiger partial charge on any atom is 0.223 e. The van der Waals surface area contributed by atoms with Crippen LogP contribution in [0.4, 0.5) is 5.82 Å². The molecule has 4 rings (SSSR count). The number of carbonyl (C=O) groups excluding carboxylic acids is 1. The highest BCUT2D eigenvalue weighted by Crippen LogP contribution is 2.33. The number of rotatable bonds is 4. The van der Waals surface area contributed by atoms with E-state index in [-0.39, 0.29) is 0 Å². The Hall–Kier alpha value is -1.65. The number of nitrogens with zero attached hydrogens (tertiary/aromatic N) is 3. The number of aryl methyl sites for hydroxylation is 2. The molecule has 1 amide bonds. The van der Waals surface area contributed by atoms with Gasteiger partial charge in [0.15, 0.2) is 0 Å². The average Bonchev–Trinajstić information content (AvgIpc) is 3.28. The van der Waals surface area contributed by atoms with E-state index in [4.69, 9.17) is 0 Å². The first-order chi connectivity index (χ1) is 10.7. The van der Waals surface area contributed by atoms with Gasteiger partial charge in [-0.1, -0.05) is 0 Å². The van der Waals surface area contributed by atoms with Crippen molar-refractivity contribution in [2.45, 2.75) is 57.9 Å². The largest absolute Gasteiger partial charge is 0.369 e. The Morgan fingerprint density at radius 1 is 1.23 bits per heavy atom. The molecule has 2 heterocycles. The quantitative estimate of drug-likeness (QED) is 0.925. The summed E-state index contributed by atoms with van der Waals surface area (Å²) in [6.45, 7) is 3.73. The zero-order chi connectivity index (χ0) is 15.1. The van der Waals surface area contributed by atoms with Crippen LogP contribution >= 0.6 is 0 Å². The number of amides is 1. The standard InChI is InChI=1S/C17H24N4O/c1-11-19-15-5-3-2-4-14(15)17(20-11)18-9-12-8-16(22)21(10-12)13-6-7-13/h12-13H,2-10H2,1H3,(H,18,19,20). The molecule has 1 unspecified atom stereocenters. The Kier molecular flexibility index (Phi) is 3.51. The molecule has 0 bridgehead atoms. The molecule has 0 aromatic carbocycles. The van der Waals surface area contributed by atoms with Crippen molar-refractivity contribution in [1.29, 1.82) is 0 Å². The molecule has 118 valence electrons. The zero-order valence-electron chi connectivity index (χ0n) is 13.3.